The molecule has 0 atom stereocenters. The summed E-state index contributed by atoms with van der Waals surface area (Å²) in [4.78, 5) is 12.7. The Kier molecular flexibility index (Phi) is 6.50. The molecule has 1 aliphatic rings. The van der Waals surface area contributed by atoms with Gasteiger partial charge in [0.05, 0.1) is 32.5 Å². The van der Waals surface area contributed by atoms with E-state index in [0.29, 0.717) is 25.5 Å². The summed E-state index contributed by atoms with van der Waals surface area (Å²) in [6.45, 7) is 5.33. The maximum Gasteiger partial charge on any atom is 0.246 e. The highest BCUT2D eigenvalue weighted by molar-refractivity contribution is 7.89. The van der Waals surface area contributed by atoms with Gasteiger partial charge in [0.25, 0.3) is 0 Å². The maximum absolute atomic E-state index is 13.2. The molecule has 0 radical (unpaired) electrons. The molecule has 0 bridgehead atoms. The van der Waals surface area contributed by atoms with Crippen molar-refractivity contribution in [2.24, 2.45) is 0 Å². The summed E-state index contributed by atoms with van der Waals surface area (Å²) in [5, 5.41) is 3.68. The lowest BCUT2D eigenvalue weighted by Gasteiger charge is -2.27. The molecule has 0 spiro atoms. The lowest BCUT2D eigenvalue weighted by molar-refractivity contribution is -0.115. The predicted octanol–water partition coefficient (Wildman–Crippen LogP) is 3.34. The van der Waals surface area contributed by atoms with Crippen molar-refractivity contribution in [1.29, 1.82) is 0 Å². The average Bonchev–Trinajstić information content (AvgIpc) is 3.17. The molecule has 9 heteroatoms. The summed E-state index contributed by atoms with van der Waals surface area (Å²) in [7, 11) is -3.79. The SMILES string of the molecule is CCOc1ccc(NC(=O)Cc2coc3cc(C)ccc23)cc1S(=O)(=O)N1CCOCC1. The summed E-state index contributed by atoms with van der Waals surface area (Å²) in [6, 6.07) is 10.5. The Hall–Kier alpha value is -2.88. The van der Waals surface area contributed by atoms with Crippen LogP contribution in [0.1, 0.15) is 18.1 Å². The second-order valence-corrected chi connectivity index (χ2v) is 9.50. The third kappa shape index (κ3) is 4.64. The van der Waals surface area contributed by atoms with Gasteiger partial charge >= 0.3 is 0 Å². The van der Waals surface area contributed by atoms with Crippen LogP contribution in [0.3, 0.4) is 0 Å². The molecule has 3 aromatic rings. The van der Waals surface area contributed by atoms with Crippen LogP contribution < -0.4 is 10.1 Å². The topological polar surface area (TPSA) is 98.1 Å². The summed E-state index contributed by atoms with van der Waals surface area (Å²) in [5.41, 5.74) is 2.96. The number of hydrogen-bond donors (Lipinski definition) is 1. The number of rotatable bonds is 7. The zero-order valence-corrected chi connectivity index (χ0v) is 18.9. The molecule has 1 aromatic heterocycles. The van der Waals surface area contributed by atoms with Crippen molar-refractivity contribution in [3.8, 4) is 5.75 Å². The number of sulfonamides is 1. The summed E-state index contributed by atoms with van der Waals surface area (Å²) in [5.74, 6) is -0.0136. The maximum atomic E-state index is 13.2. The second-order valence-electron chi connectivity index (χ2n) is 7.60. The molecule has 1 fully saturated rings. The lowest BCUT2D eigenvalue weighted by atomic mass is 10.1. The van der Waals surface area contributed by atoms with Crippen LogP contribution in [-0.4, -0.2) is 51.5 Å². The van der Waals surface area contributed by atoms with E-state index < -0.39 is 10.0 Å². The summed E-state index contributed by atoms with van der Waals surface area (Å²) in [6.07, 6.45) is 1.69. The number of nitrogens with zero attached hydrogens (tertiary/aromatic N) is 1. The number of furan rings is 1. The number of benzene rings is 2. The third-order valence-electron chi connectivity index (χ3n) is 5.28. The zero-order valence-electron chi connectivity index (χ0n) is 18.1. The molecule has 0 unspecified atom stereocenters. The highest BCUT2D eigenvalue weighted by Gasteiger charge is 2.30. The first-order chi connectivity index (χ1) is 15.4. The molecule has 1 amide bonds. The van der Waals surface area contributed by atoms with Crippen LogP contribution in [0.4, 0.5) is 5.69 Å². The molecule has 2 aromatic carbocycles. The first-order valence-electron chi connectivity index (χ1n) is 10.5. The minimum atomic E-state index is -3.79. The second kappa shape index (κ2) is 9.32. The molecule has 32 heavy (non-hydrogen) atoms. The van der Waals surface area contributed by atoms with Gasteiger partial charge in [-0.25, -0.2) is 8.42 Å². The van der Waals surface area contributed by atoms with Gasteiger partial charge in [-0.1, -0.05) is 12.1 Å². The molecule has 0 saturated carbocycles. The Morgan fingerprint density at radius 2 is 1.94 bits per heavy atom. The average molecular weight is 459 g/mol. The van der Waals surface area contributed by atoms with Crippen molar-refractivity contribution in [2.45, 2.75) is 25.2 Å². The summed E-state index contributed by atoms with van der Waals surface area (Å²) >= 11 is 0. The van der Waals surface area contributed by atoms with Gasteiger partial charge < -0.3 is 19.2 Å². The van der Waals surface area contributed by atoms with Crippen LogP contribution in [0.5, 0.6) is 5.75 Å². The molecular formula is C23H26N2O6S. The van der Waals surface area contributed by atoms with Crippen molar-refractivity contribution in [3.05, 3.63) is 53.8 Å². The molecular weight excluding hydrogens is 432 g/mol. The first-order valence-corrected chi connectivity index (χ1v) is 11.9. The number of aryl methyl sites for hydroxylation is 1. The van der Waals surface area contributed by atoms with Crippen molar-refractivity contribution >= 4 is 32.6 Å². The van der Waals surface area contributed by atoms with E-state index in [1.54, 1.807) is 25.3 Å². The van der Waals surface area contributed by atoms with E-state index in [-0.39, 0.29) is 36.1 Å². The lowest BCUT2D eigenvalue weighted by Crippen LogP contribution is -2.40. The molecule has 0 aliphatic carbocycles. The van der Waals surface area contributed by atoms with Gasteiger partial charge in [-0.3, -0.25) is 4.79 Å². The third-order valence-corrected chi connectivity index (χ3v) is 7.20. The standard InChI is InChI=1S/C23H26N2O6S/c1-3-30-20-7-5-18(14-22(20)32(27,28)25-8-10-29-11-9-25)24-23(26)13-17-15-31-21-12-16(2)4-6-19(17)21/h4-7,12,14-15H,3,8-11,13H2,1-2H3,(H,24,26). The zero-order chi connectivity index (χ0) is 22.7. The monoisotopic (exact) mass is 458 g/mol. The number of fused-ring (bicyclic) bond motifs is 1. The van der Waals surface area contributed by atoms with Crippen LogP contribution in [0.15, 0.2) is 52.0 Å². The first kappa shape index (κ1) is 22.3. The number of hydrogen-bond acceptors (Lipinski definition) is 6. The molecule has 1 N–H and O–H groups in total. The van der Waals surface area contributed by atoms with Crippen molar-refractivity contribution in [3.63, 3.8) is 0 Å². The van der Waals surface area contributed by atoms with E-state index in [1.165, 1.54) is 10.4 Å². The van der Waals surface area contributed by atoms with E-state index in [9.17, 15) is 13.2 Å². The Morgan fingerprint density at radius 1 is 1.16 bits per heavy atom. The predicted molar refractivity (Wildman–Crippen MR) is 120 cm³/mol. The Labute approximate surface area is 187 Å². The van der Waals surface area contributed by atoms with E-state index >= 15 is 0 Å². The molecule has 8 nitrogen and oxygen atoms in total. The van der Waals surface area contributed by atoms with Crippen LogP contribution in [0.25, 0.3) is 11.0 Å². The minimum absolute atomic E-state index is 0.0308. The fourth-order valence-corrected chi connectivity index (χ4v) is 5.26. The number of morpholine rings is 1. The normalized spacial score (nSPS) is 15.1. The Balaban J connectivity index is 1.56. The number of anilines is 1. The van der Waals surface area contributed by atoms with Gasteiger partial charge in [-0.15, -0.1) is 0 Å². The molecule has 2 heterocycles. The largest absolute Gasteiger partial charge is 0.492 e. The summed E-state index contributed by atoms with van der Waals surface area (Å²) < 4.78 is 44.2. The molecule has 1 aliphatic heterocycles. The van der Waals surface area contributed by atoms with Gasteiger partial charge in [0.2, 0.25) is 15.9 Å². The fourth-order valence-electron chi connectivity index (χ4n) is 3.69. The number of carbonyl (C=O) groups is 1. The highest BCUT2D eigenvalue weighted by Crippen LogP contribution is 2.31. The number of nitrogens with one attached hydrogen (secondary N) is 1. The van der Waals surface area contributed by atoms with E-state index in [0.717, 1.165) is 22.1 Å². The van der Waals surface area contributed by atoms with E-state index in [1.807, 2.05) is 25.1 Å². The number of ether oxygens (including phenoxy) is 2. The molecule has 170 valence electrons. The van der Waals surface area contributed by atoms with E-state index in [2.05, 4.69) is 5.32 Å². The van der Waals surface area contributed by atoms with Crippen molar-refractivity contribution in [1.82, 2.24) is 4.31 Å². The van der Waals surface area contributed by atoms with Gasteiger partial charge in [0.1, 0.15) is 16.2 Å². The van der Waals surface area contributed by atoms with Gasteiger partial charge in [-0.2, -0.15) is 4.31 Å². The Bertz CT molecular complexity index is 1230. The molecule has 4 rings (SSSR count). The van der Waals surface area contributed by atoms with Crippen LogP contribution in [0.2, 0.25) is 0 Å². The van der Waals surface area contributed by atoms with Crippen LogP contribution in [-0.2, 0) is 26.0 Å². The highest BCUT2D eigenvalue weighted by atomic mass is 32.2. The van der Waals surface area contributed by atoms with Crippen molar-refractivity contribution in [2.75, 3.05) is 38.2 Å². The molecule has 1 saturated heterocycles. The van der Waals surface area contributed by atoms with Gasteiger partial charge in [0, 0.05) is 29.7 Å². The van der Waals surface area contributed by atoms with E-state index in [4.69, 9.17) is 13.9 Å². The number of amides is 1. The minimum Gasteiger partial charge on any atom is -0.492 e. The van der Waals surface area contributed by atoms with Gasteiger partial charge in [-0.05, 0) is 43.7 Å². The quantitative estimate of drug-likeness (QED) is 0.583. The Morgan fingerprint density at radius 3 is 2.69 bits per heavy atom. The fraction of sp³-hybridized carbons (Fsp3) is 0.348. The number of carbonyl (C=O) groups excluding carboxylic acids is 1. The van der Waals surface area contributed by atoms with Crippen molar-refractivity contribution < 1.29 is 27.1 Å². The smallest absolute Gasteiger partial charge is 0.246 e. The van der Waals surface area contributed by atoms with Crippen LogP contribution >= 0.6 is 0 Å². The van der Waals surface area contributed by atoms with Gasteiger partial charge in [0.15, 0.2) is 0 Å². The van der Waals surface area contributed by atoms with Crippen LogP contribution in [0, 0.1) is 6.92 Å².